The zero-order chi connectivity index (χ0) is 19.8. The second-order valence-corrected chi connectivity index (χ2v) is 8.17. The largest absolute Gasteiger partial charge is 0.355 e. The van der Waals surface area contributed by atoms with Crippen LogP contribution in [0.25, 0.3) is 10.6 Å². The third kappa shape index (κ3) is 5.64. The molecule has 0 spiro atoms. The van der Waals surface area contributed by atoms with E-state index in [9.17, 15) is 9.59 Å². The normalized spacial score (nSPS) is 14.8. The van der Waals surface area contributed by atoms with Gasteiger partial charge in [0.1, 0.15) is 5.01 Å². The van der Waals surface area contributed by atoms with E-state index in [-0.39, 0.29) is 17.7 Å². The van der Waals surface area contributed by atoms with E-state index >= 15 is 0 Å². The Labute approximate surface area is 171 Å². The molecule has 28 heavy (non-hydrogen) atoms. The number of piperidine rings is 1. The van der Waals surface area contributed by atoms with E-state index in [1.54, 1.807) is 11.3 Å². The van der Waals surface area contributed by atoms with Gasteiger partial charge in [0.25, 0.3) is 0 Å². The molecule has 2 amide bonds. The maximum atomic E-state index is 12.4. The quantitative estimate of drug-likeness (QED) is 0.732. The number of benzene rings is 1. The first-order valence-electron chi connectivity index (χ1n) is 10.2. The first kappa shape index (κ1) is 20.5. The minimum Gasteiger partial charge on any atom is -0.355 e. The lowest BCUT2D eigenvalue weighted by Gasteiger charge is -2.31. The number of nitrogens with zero attached hydrogens (tertiary/aromatic N) is 2. The molecule has 0 atom stereocenters. The Kier molecular flexibility index (Phi) is 7.60. The molecule has 0 saturated carbocycles. The summed E-state index contributed by atoms with van der Waals surface area (Å²) in [5, 5.41) is 6.13. The summed E-state index contributed by atoms with van der Waals surface area (Å²) in [6.07, 6.45) is 4.88. The second-order valence-electron chi connectivity index (χ2n) is 7.31. The lowest BCUT2D eigenvalue weighted by Crippen LogP contribution is -2.43. The predicted octanol–water partition coefficient (Wildman–Crippen LogP) is 3.90. The predicted molar refractivity (Wildman–Crippen MR) is 113 cm³/mol. The summed E-state index contributed by atoms with van der Waals surface area (Å²) >= 11 is 1.64. The summed E-state index contributed by atoms with van der Waals surface area (Å²) in [7, 11) is 0. The van der Waals surface area contributed by atoms with Crippen molar-refractivity contribution in [3.63, 3.8) is 0 Å². The van der Waals surface area contributed by atoms with E-state index < -0.39 is 0 Å². The number of likely N-dealkylation sites (tertiary alicyclic amines) is 1. The lowest BCUT2D eigenvalue weighted by atomic mass is 9.95. The zero-order valence-corrected chi connectivity index (χ0v) is 17.3. The van der Waals surface area contributed by atoms with Crippen molar-refractivity contribution in [3.8, 4) is 10.6 Å². The molecule has 1 aliphatic rings. The molecule has 1 aromatic carbocycles. The molecule has 1 aliphatic heterocycles. The van der Waals surface area contributed by atoms with Gasteiger partial charge in [-0.2, -0.15) is 0 Å². The Bertz CT molecular complexity index is 767. The summed E-state index contributed by atoms with van der Waals surface area (Å²) in [6, 6.07) is 10.1. The van der Waals surface area contributed by atoms with Crippen LogP contribution < -0.4 is 5.32 Å². The summed E-state index contributed by atoms with van der Waals surface area (Å²) in [5.74, 6) is 0.364. The van der Waals surface area contributed by atoms with Crippen molar-refractivity contribution in [2.45, 2.75) is 45.4 Å². The van der Waals surface area contributed by atoms with Gasteiger partial charge in [0.05, 0.1) is 5.69 Å². The monoisotopic (exact) mass is 399 g/mol. The number of hydrogen-bond donors (Lipinski definition) is 1. The Morgan fingerprint density at radius 1 is 1.21 bits per heavy atom. The average Bonchev–Trinajstić information content (AvgIpc) is 3.21. The van der Waals surface area contributed by atoms with Crippen LogP contribution in [-0.2, 0) is 16.0 Å². The number of nitrogens with one attached hydrogen (secondary N) is 1. The molecule has 2 aromatic rings. The third-order valence-corrected chi connectivity index (χ3v) is 6.16. The van der Waals surface area contributed by atoms with Gasteiger partial charge in [-0.1, -0.05) is 43.7 Å². The van der Waals surface area contributed by atoms with Crippen molar-refractivity contribution < 1.29 is 9.59 Å². The molecule has 0 radical (unpaired) electrons. The molecule has 1 N–H and O–H groups in total. The van der Waals surface area contributed by atoms with Gasteiger partial charge in [0, 0.05) is 49.3 Å². The van der Waals surface area contributed by atoms with Crippen molar-refractivity contribution in [3.05, 3.63) is 41.4 Å². The minimum absolute atomic E-state index is 0.0190. The molecule has 1 fully saturated rings. The van der Waals surface area contributed by atoms with Crippen LogP contribution in [0.2, 0.25) is 0 Å². The van der Waals surface area contributed by atoms with Crippen molar-refractivity contribution in [1.29, 1.82) is 0 Å². The molecule has 150 valence electrons. The van der Waals surface area contributed by atoms with Crippen molar-refractivity contribution >= 4 is 23.2 Å². The van der Waals surface area contributed by atoms with Crippen LogP contribution >= 0.6 is 11.3 Å². The van der Waals surface area contributed by atoms with E-state index in [1.807, 2.05) is 23.1 Å². The summed E-state index contributed by atoms with van der Waals surface area (Å²) < 4.78 is 0. The Balaban J connectivity index is 1.38. The summed E-state index contributed by atoms with van der Waals surface area (Å²) in [5.41, 5.74) is 2.14. The molecular weight excluding hydrogens is 370 g/mol. The Morgan fingerprint density at radius 3 is 2.68 bits per heavy atom. The van der Waals surface area contributed by atoms with Crippen LogP contribution in [0, 0.1) is 5.92 Å². The number of unbranched alkanes of at least 4 members (excludes halogenated alkanes) is 1. The van der Waals surface area contributed by atoms with E-state index in [0.717, 1.165) is 48.4 Å². The lowest BCUT2D eigenvalue weighted by molar-refractivity contribution is -0.135. The smallest absolute Gasteiger partial charge is 0.223 e. The van der Waals surface area contributed by atoms with E-state index in [4.69, 9.17) is 0 Å². The maximum Gasteiger partial charge on any atom is 0.223 e. The van der Waals surface area contributed by atoms with Gasteiger partial charge in [-0.3, -0.25) is 9.59 Å². The average molecular weight is 400 g/mol. The highest BCUT2D eigenvalue weighted by atomic mass is 32.1. The molecular formula is C22H29N3O2S. The van der Waals surface area contributed by atoms with Crippen molar-refractivity contribution in [1.82, 2.24) is 15.2 Å². The standard InChI is InChI=1S/C22H29N3O2S/c1-2-3-9-20(26)25-14-11-17(12-15-25)21(27)23-13-10-19-16-28-22(24-19)18-7-5-4-6-8-18/h4-8,16-17H,2-3,9-15H2,1H3,(H,23,27). The van der Waals surface area contributed by atoms with Crippen LogP contribution in [0.1, 0.15) is 44.7 Å². The number of aromatic nitrogens is 1. The molecule has 0 bridgehead atoms. The fourth-order valence-corrected chi connectivity index (χ4v) is 4.33. The highest BCUT2D eigenvalue weighted by Crippen LogP contribution is 2.23. The highest BCUT2D eigenvalue weighted by Gasteiger charge is 2.26. The fourth-order valence-electron chi connectivity index (χ4n) is 3.47. The molecule has 0 aliphatic carbocycles. The molecule has 3 rings (SSSR count). The molecule has 6 heteroatoms. The van der Waals surface area contributed by atoms with Crippen LogP contribution in [0.4, 0.5) is 0 Å². The fraction of sp³-hybridized carbons (Fsp3) is 0.500. The zero-order valence-electron chi connectivity index (χ0n) is 16.5. The van der Waals surface area contributed by atoms with E-state index in [0.29, 0.717) is 26.1 Å². The Morgan fingerprint density at radius 2 is 1.96 bits per heavy atom. The number of carbonyl (C=O) groups excluding carboxylic acids is 2. The van der Waals surface area contributed by atoms with Gasteiger partial charge in [-0.25, -0.2) is 4.98 Å². The van der Waals surface area contributed by atoms with Gasteiger partial charge in [-0.05, 0) is 19.3 Å². The molecule has 5 nitrogen and oxygen atoms in total. The number of rotatable bonds is 8. The number of amides is 2. The molecule has 1 aromatic heterocycles. The van der Waals surface area contributed by atoms with Gasteiger partial charge in [0.15, 0.2) is 0 Å². The van der Waals surface area contributed by atoms with Gasteiger partial charge in [-0.15, -0.1) is 11.3 Å². The van der Waals surface area contributed by atoms with Gasteiger partial charge < -0.3 is 10.2 Å². The number of thiazole rings is 1. The third-order valence-electron chi connectivity index (χ3n) is 5.22. The first-order chi connectivity index (χ1) is 13.7. The molecule has 0 unspecified atom stereocenters. The summed E-state index contributed by atoms with van der Waals surface area (Å²) in [6.45, 7) is 4.10. The number of hydrogen-bond acceptors (Lipinski definition) is 4. The molecule has 2 heterocycles. The van der Waals surface area contributed by atoms with Gasteiger partial charge >= 0.3 is 0 Å². The van der Waals surface area contributed by atoms with E-state index in [2.05, 4.69) is 34.7 Å². The minimum atomic E-state index is 0.0190. The Hall–Kier alpha value is -2.21. The SMILES string of the molecule is CCCCC(=O)N1CCC(C(=O)NCCc2csc(-c3ccccc3)n2)CC1. The van der Waals surface area contributed by atoms with Crippen LogP contribution in [-0.4, -0.2) is 41.3 Å². The second kappa shape index (κ2) is 10.4. The summed E-state index contributed by atoms with van der Waals surface area (Å²) in [4.78, 5) is 31.1. The van der Waals surface area contributed by atoms with E-state index in [1.165, 1.54) is 0 Å². The van der Waals surface area contributed by atoms with Gasteiger partial charge in [0.2, 0.25) is 11.8 Å². The first-order valence-corrected chi connectivity index (χ1v) is 11.1. The van der Waals surface area contributed by atoms with Crippen LogP contribution in [0.15, 0.2) is 35.7 Å². The maximum absolute atomic E-state index is 12.4. The van der Waals surface area contributed by atoms with Crippen LogP contribution in [0.3, 0.4) is 0 Å². The molecule has 1 saturated heterocycles. The highest BCUT2D eigenvalue weighted by molar-refractivity contribution is 7.13. The van der Waals surface area contributed by atoms with Crippen molar-refractivity contribution in [2.75, 3.05) is 19.6 Å². The topological polar surface area (TPSA) is 62.3 Å². The number of carbonyl (C=O) groups is 2. The van der Waals surface area contributed by atoms with Crippen LogP contribution in [0.5, 0.6) is 0 Å². The van der Waals surface area contributed by atoms with Crippen molar-refractivity contribution in [2.24, 2.45) is 5.92 Å².